The molecule has 0 radical (unpaired) electrons. The molecule has 61 heavy (non-hydrogen) atoms. The molecule has 11 heteroatoms. The van der Waals surface area contributed by atoms with Crippen molar-refractivity contribution < 1.29 is 24.0 Å². The van der Waals surface area contributed by atoms with Gasteiger partial charge in [0.1, 0.15) is 0 Å². The maximum atomic E-state index is 14.3. The molecule has 0 rings (SSSR count). The second-order valence-corrected chi connectivity index (χ2v) is 18.3. The van der Waals surface area contributed by atoms with Crippen LogP contribution in [0.25, 0.3) is 0 Å². The third kappa shape index (κ3) is 34.9. The fraction of sp³-hybridized carbons (Fsp3) is 0.900. The minimum atomic E-state index is -0.564. The van der Waals surface area contributed by atoms with Gasteiger partial charge >= 0.3 is 0 Å². The average Bonchev–Trinajstić information content (AvgIpc) is 3.24. The summed E-state index contributed by atoms with van der Waals surface area (Å²) < 4.78 is 0. The highest BCUT2D eigenvalue weighted by atomic mass is 79.9. The van der Waals surface area contributed by atoms with Crippen LogP contribution in [0.3, 0.4) is 0 Å². The topological polar surface area (TPSA) is 124 Å². The molecule has 0 aliphatic rings. The number of halogens is 1. The molecule has 10 nitrogen and oxygen atoms in total. The Morgan fingerprint density at radius 2 is 0.508 bits per heavy atom. The van der Waals surface area contributed by atoms with Crippen LogP contribution in [0, 0.1) is 0 Å². The van der Waals surface area contributed by atoms with E-state index in [1.54, 1.807) is 14.7 Å². The number of alkyl halides is 1. The lowest BCUT2D eigenvalue weighted by Crippen LogP contribution is -2.51. The molecule has 0 bridgehead atoms. The number of carbonyl (C=O) groups excluding carboxylic acids is 5. The molecule has 0 unspecified atom stereocenters. The van der Waals surface area contributed by atoms with E-state index in [0.717, 1.165) is 89.9 Å². The first kappa shape index (κ1) is 58.8. The fourth-order valence-corrected chi connectivity index (χ4v) is 8.33. The van der Waals surface area contributed by atoms with Crippen LogP contribution in [0.5, 0.6) is 0 Å². The lowest BCUT2D eigenvalue weighted by molar-refractivity contribution is -0.146. The van der Waals surface area contributed by atoms with Gasteiger partial charge in [-0.25, -0.2) is 0 Å². The Balaban J connectivity index is 5.97. The van der Waals surface area contributed by atoms with Crippen LogP contribution in [0.15, 0.2) is 0 Å². The van der Waals surface area contributed by atoms with Gasteiger partial charge in [-0.2, -0.15) is 0 Å². The molecule has 358 valence electrons. The normalized spacial score (nSPS) is 11.2. The van der Waals surface area contributed by atoms with Gasteiger partial charge in [0.05, 0.1) is 31.5 Å². The minimum Gasteiger partial charge on any atom is -0.368 e. The Bertz CT molecular complexity index is 1090. The molecule has 0 aromatic carbocycles. The van der Waals surface area contributed by atoms with E-state index >= 15 is 0 Å². The maximum absolute atomic E-state index is 14.3. The Hall–Kier alpha value is -2.17. The highest BCUT2D eigenvalue weighted by molar-refractivity contribution is 9.09. The van der Waals surface area contributed by atoms with Gasteiger partial charge in [0.2, 0.25) is 29.5 Å². The van der Waals surface area contributed by atoms with Crippen LogP contribution in [0.2, 0.25) is 0 Å². The van der Waals surface area contributed by atoms with E-state index in [1.807, 2.05) is 0 Å². The van der Waals surface area contributed by atoms with E-state index in [0.29, 0.717) is 26.2 Å². The van der Waals surface area contributed by atoms with Gasteiger partial charge in [0.15, 0.2) is 0 Å². The first-order valence-electron chi connectivity index (χ1n) is 25.6. The Kier molecular flexibility index (Phi) is 41.6. The molecule has 0 saturated carbocycles. The molecule has 0 aliphatic carbocycles. The molecule has 2 N–H and O–H groups in total. The van der Waals surface area contributed by atoms with Crippen molar-refractivity contribution in [3.63, 3.8) is 0 Å². The predicted octanol–water partition coefficient (Wildman–Crippen LogP) is 11.7. The second-order valence-electron chi connectivity index (χ2n) is 17.8. The maximum Gasteiger partial charge on any atom is 0.242 e. The summed E-state index contributed by atoms with van der Waals surface area (Å²) in [7, 11) is 0. The zero-order valence-electron chi connectivity index (χ0n) is 40.3. The molecule has 5 amide bonds. The first-order chi connectivity index (χ1) is 29.6. The molecule has 0 fully saturated rings. The van der Waals surface area contributed by atoms with Gasteiger partial charge in [-0.05, 0) is 25.7 Å². The van der Waals surface area contributed by atoms with Crippen molar-refractivity contribution in [2.45, 2.75) is 233 Å². The monoisotopic (exact) mass is 926 g/mol. The van der Waals surface area contributed by atoms with E-state index in [4.69, 9.17) is 5.73 Å². The largest absolute Gasteiger partial charge is 0.368 e. The van der Waals surface area contributed by atoms with Crippen LogP contribution >= 0.6 is 15.9 Å². The van der Waals surface area contributed by atoms with Crippen molar-refractivity contribution >= 4 is 45.5 Å². The van der Waals surface area contributed by atoms with E-state index in [-0.39, 0.29) is 55.1 Å². The molecule has 0 saturated heterocycles. The van der Waals surface area contributed by atoms with Crippen molar-refractivity contribution in [2.24, 2.45) is 5.73 Å². The average molecular weight is 927 g/mol. The molecule has 0 aromatic rings. The van der Waals surface area contributed by atoms with Crippen molar-refractivity contribution in [2.75, 3.05) is 57.7 Å². The van der Waals surface area contributed by atoms with Crippen molar-refractivity contribution in [1.29, 1.82) is 0 Å². The van der Waals surface area contributed by atoms with Crippen molar-refractivity contribution in [3.05, 3.63) is 0 Å². The SMILES string of the molecule is CCCCCCCCCCN(CC(N)=O)C(=O)CN(CCCCCCCCCC)C(=O)CN(CCCCCCCCCC)C(=O)CN(CCCCCCCCCC)C(=O)CBr. The number of primary amides is 1. The van der Waals surface area contributed by atoms with E-state index < -0.39 is 5.91 Å². The molecule has 0 aromatic heterocycles. The van der Waals surface area contributed by atoms with E-state index in [1.165, 1.54) is 120 Å². The van der Waals surface area contributed by atoms with Gasteiger partial charge in [-0.3, -0.25) is 24.0 Å². The number of nitrogens with two attached hydrogens (primary N) is 1. The fourth-order valence-electron chi connectivity index (χ4n) is 7.98. The van der Waals surface area contributed by atoms with Gasteiger partial charge < -0.3 is 25.3 Å². The molecule has 0 atom stereocenters. The zero-order valence-corrected chi connectivity index (χ0v) is 41.9. The summed E-state index contributed by atoms with van der Waals surface area (Å²) in [4.78, 5) is 73.9. The summed E-state index contributed by atoms with van der Waals surface area (Å²) in [6, 6.07) is 0. The molecule has 0 spiro atoms. The number of hydrogen-bond acceptors (Lipinski definition) is 5. The summed E-state index contributed by atoms with van der Waals surface area (Å²) in [6.45, 7) is 10.1. The highest BCUT2D eigenvalue weighted by Gasteiger charge is 2.27. The van der Waals surface area contributed by atoms with Crippen LogP contribution in [-0.2, 0) is 24.0 Å². The summed E-state index contributed by atoms with van der Waals surface area (Å²) in [5.41, 5.74) is 5.62. The van der Waals surface area contributed by atoms with E-state index in [9.17, 15) is 24.0 Å². The van der Waals surface area contributed by atoms with Crippen LogP contribution in [0.1, 0.15) is 233 Å². The van der Waals surface area contributed by atoms with Gasteiger partial charge in [-0.15, -0.1) is 0 Å². The van der Waals surface area contributed by atoms with Crippen LogP contribution in [-0.4, -0.2) is 107 Å². The number of rotatable bonds is 45. The Labute approximate surface area is 384 Å². The lowest BCUT2D eigenvalue weighted by Gasteiger charge is -2.31. The Morgan fingerprint density at radius 3 is 0.721 bits per heavy atom. The minimum absolute atomic E-state index is 0.0623. The quantitative estimate of drug-likeness (QED) is 0.0481. The predicted molar refractivity (Wildman–Crippen MR) is 260 cm³/mol. The first-order valence-corrected chi connectivity index (χ1v) is 26.7. The molecular formula is C50H96BrN5O5. The second kappa shape index (κ2) is 43.1. The summed E-state index contributed by atoms with van der Waals surface area (Å²) in [5, 5.41) is 0.142. The highest BCUT2D eigenvalue weighted by Crippen LogP contribution is 2.14. The van der Waals surface area contributed by atoms with Crippen LogP contribution in [0.4, 0.5) is 0 Å². The number of carbonyl (C=O) groups is 5. The van der Waals surface area contributed by atoms with Gasteiger partial charge in [-0.1, -0.05) is 223 Å². The molecule has 0 aliphatic heterocycles. The summed E-state index contributed by atoms with van der Waals surface area (Å²) in [6.07, 6.45) is 35.9. The number of unbranched alkanes of at least 4 members (excludes halogenated alkanes) is 28. The molecular weight excluding hydrogens is 830 g/mol. The third-order valence-corrected chi connectivity index (χ3v) is 12.5. The van der Waals surface area contributed by atoms with Crippen molar-refractivity contribution in [3.8, 4) is 0 Å². The van der Waals surface area contributed by atoms with Crippen molar-refractivity contribution in [1.82, 2.24) is 19.6 Å². The Morgan fingerprint density at radius 1 is 0.311 bits per heavy atom. The number of nitrogens with zero attached hydrogens (tertiary/aromatic N) is 4. The lowest BCUT2D eigenvalue weighted by atomic mass is 10.1. The van der Waals surface area contributed by atoms with Gasteiger partial charge in [0, 0.05) is 26.2 Å². The number of amides is 5. The summed E-state index contributed by atoms with van der Waals surface area (Å²) >= 11 is 3.33. The smallest absolute Gasteiger partial charge is 0.242 e. The third-order valence-electron chi connectivity index (χ3n) is 12.0. The standard InChI is InChI=1S/C50H96BrN5O5/c1-5-9-13-17-21-25-29-33-37-53(42-46(52)57)48(59)44-55(39-35-31-27-23-19-15-11-7-3)50(61)45-56(40-36-32-28-24-20-16-12-8-4)49(60)43-54(47(58)41-51)38-34-30-26-22-18-14-10-6-2/h5-45H2,1-4H3,(H2,52,57). The van der Waals surface area contributed by atoms with Crippen LogP contribution < -0.4 is 5.73 Å². The zero-order chi connectivity index (χ0) is 45.2. The van der Waals surface area contributed by atoms with Gasteiger partial charge in [0.25, 0.3) is 0 Å². The summed E-state index contributed by atoms with van der Waals surface area (Å²) in [5.74, 6) is -1.46. The number of hydrogen-bond donors (Lipinski definition) is 1. The van der Waals surface area contributed by atoms with E-state index in [2.05, 4.69) is 43.6 Å². The molecule has 0 heterocycles.